The van der Waals surface area contributed by atoms with E-state index in [1.165, 1.54) is 31.7 Å². The molecule has 0 unspecified atom stereocenters. The fourth-order valence-corrected chi connectivity index (χ4v) is 4.31. The number of hydrogen-bond donors (Lipinski definition) is 3. The summed E-state index contributed by atoms with van der Waals surface area (Å²) >= 11 is 0. The van der Waals surface area contributed by atoms with Crippen LogP contribution in [-0.2, 0) is 21.0 Å². The van der Waals surface area contributed by atoms with Gasteiger partial charge >= 0.3 is 10.4 Å². The van der Waals surface area contributed by atoms with Crippen molar-refractivity contribution in [1.82, 2.24) is 0 Å². The molecule has 1 aromatic rings. The number of hydrogen-bond acceptors (Lipinski definition) is 5. The van der Waals surface area contributed by atoms with Crippen LogP contribution in [0, 0.1) is 0 Å². The number of phenolic OH excluding ortho intramolecular Hbond substituents is 2. The maximum absolute atomic E-state index is 11.0. The second-order valence-corrected chi connectivity index (χ2v) is 9.27. The lowest BCUT2D eigenvalue weighted by atomic mass is 10.0. The smallest absolute Gasteiger partial charge is 0.397 e. The van der Waals surface area contributed by atoms with Gasteiger partial charge in [-0.05, 0) is 43.4 Å². The molecule has 0 radical (unpaired) electrons. The first-order chi connectivity index (χ1) is 14.3. The highest BCUT2D eigenvalue weighted by atomic mass is 32.3. The number of rotatable bonds is 18. The molecule has 0 heterocycles. The normalized spacial score (nSPS) is 12.9. The SMILES string of the molecule is CCCCC[C@@H](CCCCCCCCCCCc1cc(O)cc(O)c1)OS(=O)(=O)O. The van der Waals surface area contributed by atoms with E-state index < -0.39 is 16.5 Å². The minimum atomic E-state index is -4.37. The number of phenols is 2. The molecule has 1 atom stereocenters. The van der Waals surface area contributed by atoms with Crippen LogP contribution >= 0.6 is 0 Å². The van der Waals surface area contributed by atoms with E-state index in [0.29, 0.717) is 12.8 Å². The van der Waals surface area contributed by atoms with Crippen LogP contribution in [-0.4, -0.2) is 29.3 Å². The topological polar surface area (TPSA) is 104 Å². The Bertz CT molecular complexity index is 654. The Kier molecular flexibility index (Phi) is 13.8. The van der Waals surface area contributed by atoms with Crippen LogP contribution in [0.1, 0.15) is 102 Å². The van der Waals surface area contributed by atoms with Gasteiger partial charge in [0.25, 0.3) is 0 Å². The van der Waals surface area contributed by atoms with Gasteiger partial charge in [-0.15, -0.1) is 0 Å². The summed E-state index contributed by atoms with van der Waals surface area (Å²) in [5, 5.41) is 19.0. The van der Waals surface area contributed by atoms with Crippen molar-refractivity contribution in [2.24, 2.45) is 0 Å². The third-order valence-corrected chi connectivity index (χ3v) is 5.86. The van der Waals surface area contributed by atoms with E-state index in [0.717, 1.165) is 63.4 Å². The molecule has 0 aromatic heterocycles. The van der Waals surface area contributed by atoms with Gasteiger partial charge < -0.3 is 10.2 Å². The number of aromatic hydroxyl groups is 2. The van der Waals surface area contributed by atoms with Gasteiger partial charge in [-0.1, -0.05) is 77.6 Å². The zero-order chi connectivity index (χ0) is 22.2. The standard InChI is InChI=1S/C23H40O6S/c1-2-3-11-15-23(29-30(26,27)28)16-13-10-8-6-4-5-7-9-12-14-20-17-21(24)19-22(25)18-20/h17-19,23-25H,2-16H2,1H3,(H,26,27,28)/t23-/m0/s1. The Hall–Kier alpha value is -1.31. The number of aryl methyl sites for hydroxylation is 1. The van der Waals surface area contributed by atoms with Gasteiger partial charge in [0, 0.05) is 6.07 Å². The quantitative estimate of drug-likeness (QED) is 0.181. The van der Waals surface area contributed by atoms with Crippen LogP contribution in [0.5, 0.6) is 11.5 Å². The summed E-state index contributed by atoms with van der Waals surface area (Å²) in [5.74, 6) is 0.226. The van der Waals surface area contributed by atoms with Gasteiger partial charge in [-0.3, -0.25) is 4.55 Å². The summed E-state index contributed by atoms with van der Waals surface area (Å²) in [4.78, 5) is 0. The average Bonchev–Trinajstić information content (AvgIpc) is 2.64. The fraction of sp³-hybridized carbons (Fsp3) is 0.739. The number of benzene rings is 1. The maximum atomic E-state index is 11.0. The molecule has 0 fully saturated rings. The average molecular weight is 445 g/mol. The molecule has 7 heteroatoms. The molecule has 0 aliphatic heterocycles. The lowest BCUT2D eigenvalue weighted by Crippen LogP contribution is -2.18. The first-order valence-corrected chi connectivity index (χ1v) is 12.8. The van der Waals surface area contributed by atoms with Gasteiger partial charge in [0.2, 0.25) is 0 Å². The van der Waals surface area contributed by atoms with Gasteiger partial charge in [-0.25, -0.2) is 4.18 Å². The highest BCUT2D eigenvalue weighted by molar-refractivity contribution is 7.80. The van der Waals surface area contributed by atoms with Gasteiger partial charge in [0.1, 0.15) is 11.5 Å². The highest BCUT2D eigenvalue weighted by Crippen LogP contribution is 2.22. The van der Waals surface area contributed by atoms with Crippen molar-refractivity contribution in [2.75, 3.05) is 0 Å². The third kappa shape index (κ3) is 14.6. The Labute approximate surface area is 182 Å². The van der Waals surface area contributed by atoms with E-state index in [1.54, 1.807) is 12.1 Å². The molecule has 0 spiro atoms. The molecule has 0 aliphatic rings. The molecule has 0 saturated heterocycles. The maximum Gasteiger partial charge on any atom is 0.397 e. The summed E-state index contributed by atoms with van der Waals surface area (Å²) in [6, 6.07) is 4.75. The van der Waals surface area contributed by atoms with Gasteiger partial charge in [-0.2, -0.15) is 8.42 Å². The van der Waals surface area contributed by atoms with Crippen LogP contribution in [0.15, 0.2) is 18.2 Å². The molecular formula is C23H40O6S. The van der Waals surface area contributed by atoms with Crippen molar-refractivity contribution in [1.29, 1.82) is 0 Å². The Balaban J connectivity index is 2.02. The van der Waals surface area contributed by atoms with Crippen molar-refractivity contribution >= 4 is 10.4 Å². The van der Waals surface area contributed by atoms with Gasteiger partial charge in [0.05, 0.1) is 6.10 Å². The van der Waals surface area contributed by atoms with Crippen LogP contribution in [0.3, 0.4) is 0 Å². The molecule has 0 amide bonds. The van der Waals surface area contributed by atoms with Crippen molar-refractivity contribution in [3.8, 4) is 11.5 Å². The van der Waals surface area contributed by atoms with Crippen molar-refractivity contribution in [3.05, 3.63) is 23.8 Å². The lowest BCUT2D eigenvalue weighted by Gasteiger charge is -2.15. The summed E-state index contributed by atoms with van der Waals surface area (Å²) in [6.07, 6.45) is 14.9. The second-order valence-electron chi connectivity index (χ2n) is 8.22. The molecule has 174 valence electrons. The molecule has 0 bridgehead atoms. The van der Waals surface area contributed by atoms with E-state index in [2.05, 4.69) is 6.92 Å². The molecular weight excluding hydrogens is 404 g/mol. The predicted octanol–water partition coefficient (Wildman–Crippen LogP) is 6.31. The van der Waals surface area contributed by atoms with E-state index in [1.807, 2.05) is 0 Å². The summed E-state index contributed by atoms with van der Waals surface area (Å²) in [7, 11) is -4.37. The van der Waals surface area contributed by atoms with Crippen LogP contribution < -0.4 is 0 Å². The third-order valence-electron chi connectivity index (χ3n) is 5.34. The largest absolute Gasteiger partial charge is 0.508 e. The zero-order valence-corrected chi connectivity index (χ0v) is 19.2. The Morgan fingerprint density at radius 2 is 1.23 bits per heavy atom. The molecule has 0 saturated carbocycles. The van der Waals surface area contributed by atoms with E-state index in [-0.39, 0.29) is 11.5 Å². The van der Waals surface area contributed by atoms with E-state index in [4.69, 9.17) is 8.74 Å². The Morgan fingerprint density at radius 1 is 0.767 bits per heavy atom. The highest BCUT2D eigenvalue weighted by Gasteiger charge is 2.16. The van der Waals surface area contributed by atoms with Crippen molar-refractivity contribution < 1.29 is 27.4 Å². The van der Waals surface area contributed by atoms with Crippen LogP contribution in [0.25, 0.3) is 0 Å². The minimum absolute atomic E-state index is 0.113. The Morgan fingerprint density at radius 3 is 1.73 bits per heavy atom. The first-order valence-electron chi connectivity index (χ1n) is 11.5. The molecule has 6 nitrogen and oxygen atoms in total. The molecule has 30 heavy (non-hydrogen) atoms. The summed E-state index contributed by atoms with van der Waals surface area (Å²) in [6.45, 7) is 2.10. The first kappa shape index (κ1) is 26.7. The molecule has 3 N–H and O–H groups in total. The summed E-state index contributed by atoms with van der Waals surface area (Å²) < 4.78 is 35.7. The van der Waals surface area contributed by atoms with E-state index >= 15 is 0 Å². The second kappa shape index (κ2) is 15.5. The van der Waals surface area contributed by atoms with Crippen LogP contribution in [0.4, 0.5) is 0 Å². The molecule has 1 rings (SSSR count). The predicted molar refractivity (Wildman–Crippen MR) is 120 cm³/mol. The minimum Gasteiger partial charge on any atom is -0.508 e. The molecule has 1 aromatic carbocycles. The lowest BCUT2D eigenvalue weighted by molar-refractivity contribution is 0.157. The van der Waals surface area contributed by atoms with Crippen molar-refractivity contribution in [3.63, 3.8) is 0 Å². The van der Waals surface area contributed by atoms with Crippen LogP contribution in [0.2, 0.25) is 0 Å². The summed E-state index contributed by atoms with van der Waals surface area (Å²) in [5.41, 5.74) is 0.971. The van der Waals surface area contributed by atoms with E-state index in [9.17, 15) is 18.6 Å². The van der Waals surface area contributed by atoms with Gasteiger partial charge in [0.15, 0.2) is 0 Å². The molecule has 0 aliphatic carbocycles. The fourth-order valence-electron chi connectivity index (χ4n) is 3.77. The monoisotopic (exact) mass is 444 g/mol. The zero-order valence-electron chi connectivity index (χ0n) is 18.4. The van der Waals surface area contributed by atoms with Crippen molar-refractivity contribution in [2.45, 2.75) is 109 Å². The number of unbranched alkanes of at least 4 members (excludes halogenated alkanes) is 10.